The van der Waals surface area contributed by atoms with Crippen LogP contribution in [-0.4, -0.2) is 44.1 Å². The number of anilines is 6. The molecule has 0 radical (unpaired) electrons. The Morgan fingerprint density at radius 1 is 0.900 bits per heavy atom. The van der Waals surface area contributed by atoms with Crippen LogP contribution in [0.4, 0.5) is 52.5 Å². The molecule has 0 spiro atoms. The highest BCUT2D eigenvalue weighted by Crippen LogP contribution is 2.26. The molecular weight excluding hydrogens is 549 g/mol. The van der Waals surface area contributed by atoms with Gasteiger partial charge in [0.25, 0.3) is 0 Å². The zero-order valence-corrected chi connectivity index (χ0v) is 21.9. The number of carbonyl (C=O) groups excluding carboxylic acids is 1. The molecule has 3 N–H and O–H groups in total. The normalized spacial score (nSPS) is 11.4. The summed E-state index contributed by atoms with van der Waals surface area (Å²) in [7, 11) is -1.58. The summed E-state index contributed by atoms with van der Waals surface area (Å²) in [4.78, 5) is 22.9. The van der Waals surface area contributed by atoms with Crippen molar-refractivity contribution in [3.63, 3.8) is 0 Å². The second kappa shape index (κ2) is 11.5. The molecule has 208 valence electrons. The molecule has 0 aliphatic heterocycles. The van der Waals surface area contributed by atoms with Crippen LogP contribution in [0.1, 0.15) is 0 Å². The van der Waals surface area contributed by atoms with Gasteiger partial charge in [-0.05, 0) is 72.8 Å². The molecule has 0 saturated heterocycles. The van der Waals surface area contributed by atoms with E-state index in [1.807, 2.05) is 0 Å². The van der Waals surface area contributed by atoms with Crippen molar-refractivity contribution >= 4 is 50.4 Å². The summed E-state index contributed by atoms with van der Waals surface area (Å²) < 4.78 is 64.3. The van der Waals surface area contributed by atoms with Gasteiger partial charge in [-0.3, -0.25) is 0 Å². The van der Waals surface area contributed by atoms with Gasteiger partial charge >= 0.3 is 12.4 Å². The van der Waals surface area contributed by atoms with E-state index in [2.05, 4.69) is 30.7 Å². The summed E-state index contributed by atoms with van der Waals surface area (Å²) in [6, 6.07) is 19.0. The van der Waals surface area contributed by atoms with Crippen LogP contribution >= 0.6 is 0 Å². The van der Waals surface area contributed by atoms with Crippen LogP contribution in [0.15, 0.2) is 90.0 Å². The van der Waals surface area contributed by atoms with Gasteiger partial charge in [-0.25, -0.2) is 18.2 Å². The van der Waals surface area contributed by atoms with E-state index in [1.165, 1.54) is 24.3 Å². The van der Waals surface area contributed by atoms with E-state index < -0.39 is 28.0 Å². The number of ether oxygens (including phenoxy) is 1. The Kier molecular flexibility index (Phi) is 8.09. The minimum Gasteiger partial charge on any atom is -0.406 e. The van der Waals surface area contributed by atoms with Gasteiger partial charge in [0, 0.05) is 42.2 Å². The molecule has 2 amide bonds. The van der Waals surface area contributed by atoms with Gasteiger partial charge in [0.15, 0.2) is 9.84 Å². The monoisotopic (exact) mass is 572 g/mol. The van der Waals surface area contributed by atoms with Gasteiger partial charge in [0.1, 0.15) is 11.6 Å². The van der Waals surface area contributed by atoms with Crippen molar-refractivity contribution in [1.82, 2.24) is 9.97 Å². The fraction of sp³-hybridized carbons (Fsp3) is 0.115. The van der Waals surface area contributed by atoms with Crippen molar-refractivity contribution in [2.75, 3.05) is 34.2 Å². The molecule has 3 aromatic carbocycles. The molecule has 0 bridgehead atoms. The predicted octanol–water partition coefficient (Wildman–Crippen LogP) is 5.93. The lowest BCUT2D eigenvalue weighted by atomic mass is 10.2. The molecule has 10 nitrogen and oxygen atoms in total. The molecular formula is C26H23F3N6O4S. The van der Waals surface area contributed by atoms with E-state index in [9.17, 15) is 26.4 Å². The number of amides is 2. The van der Waals surface area contributed by atoms with Crippen molar-refractivity contribution in [1.29, 1.82) is 0 Å². The summed E-state index contributed by atoms with van der Waals surface area (Å²) in [6.45, 7) is 0. The Labute approximate surface area is 227 Å². The highest BCUT2D eigenvalue weighted by molar-refractivity contribution is 7.90. The number of hydrogen-bond acceptors (Lipinski definition) is 8. The number of nitrogens with one attached hydrogen (secondary N) is 3. The molecule has 0 aliphatic carbocycles. The Balaban J connectivity index is 1.37. The number of carbonyl (C=O) groups is 1. The highest BCUT2D eigenvalue weighted by Gasteiger charge is 2.31. The van der Waals surface area contributed by atoms with E-state index in [0.29, 0.717) is 17.2 Å². The van der Waals surface area contributed by atoms with Crippen LogP contribution in [0.2, 0.25) is 0 Å². The van der Waals surface area contributed by atoms with Crippen LogP contribution in [0.25, 0.3) is 0 Å². The average molecular weight is 573 g/mol. The number of hydrogen-bond donors (Lipinski definition) is 3. The Bertz CT molecular complexity index is 1600. The second-order valence-electron chi connectivity index (χ2n) is 8.42. The summed E-state index contributed by atoms with van der Waals surface area (Å²) in [5.74, 6) is 0.419. The Morgan fingerprint density at radius 3 is 2.12 bits per heavy atom. The zero-order chi connectivity index (χ0) is 28.9. The lowest BCUT2D eigenvalue weighted by Crippen LogP contribution is -2.20. The van der Waals surface area contributed by atoms with E-state index in [1.54, 1.807) is 60.6 Å². The molecule has 0 unspecified atom stereocenters. The Morgan fingerprint density at radius 2 is 1.52 bits per heavy atom. The molecule has 0 fully saturated rings. The van der Waals surface area contributed by atoms with Crippen molar-refractivity contribution in [2.45, 2.75) is 11.3 Å². The fourth-order valence-corrected chi connectivity index (χ4v) is 4.13. The smallest absolute Gasteiger partial charge is 0.406 e. The van der Waals surface area contributed by atoms with Gasteiger partial charge in [-0.2, -0.15) is 4.98 Å². The first-order valence-corrected chi connectivity index (χ1v) is 13.4. The molecule has 4 rings (SSSR count). The average Bonchev–Trinajstić information content (AvgIpc) is 2.89. The number of halogens is 3. The first kappa shape index (κ1) is 28.2. The first-order valence-electron chi connectivity index (χ1n) is 11.5. The molecule has 40 heavy (non-hydrogen) atoms. The molecule has 0 atom stereocenters. The van der Waals surface area contributed by atoms with Crippen LogP contribution in [0.3, 0.4) is 0 Å². The quantitative estimate of drug-likeness (QED) is 0.237. The van der Waals surface area contributed by atoms with Crippen molar-refractivity contribution in [3.05, 3.63) is 85.1 Å². The van der Waals surface area contributed by atoms with Gasteiger partial charge in [0.05, 0.1) is 4.90 Å². The van der Waals surface area contributed by atoms with Gasteiger partial charge in [-0.1, -0.05) is 6.07 Å². The third-order valence-electron chi connectivity index (χ3n) is 5.36. The number of alkyl halides is 3. The summed E-state index contributed by atoms with van der Waals surface area (Å²) >= 11 is 0. The molecule has 1 aromatic heterocycles. The topological polar surface area (TPSA) is 126 Å². The lowest BCUT2D eigenvalue weighted by molar-refractivity contribution is -0.274. The van der Waals surface area contributed by atoms with E-state index >= 15 is 0 Å². The van der Waals surface area contributed by atoms with E-state index in [-0.39, 0.29) is 16.5 Å². The summed E-state index contributed by atoms with van der Waals surface area (Å²) in [5, 5.41) is 8.17. The van der Waals surface area contributed by atoms with Crippen LogP contribution in [-0.2, 0) is 9.84 Å². The molecule has 1 heterocycles. The zero-order valence-electron chi connectivity index (χ0n) is 21.1. The lowest BCUT2D eigenvalue weighted by Gasteiger charge is -2.19. The third-order valence-corrected chi connectivity index (χ3v) is 6.47. The van der Waals surface area contributed by atoms with Crippen LogP contribution in [0, 0.1) is 0 Å². The first-order chi connectivity index (χ1) is 18.9. The maximum Gasteiger partial charge on any atom is 0.573 e. The summed E-state index contributed by atoms with van der Waals surface area (Å²) in [5.41, 5.74) is 2.01. The molecule has 4 aromatic rings. The SMILES string of the molecule is CN(c1ccc(NC(=O)Nc2ccc(OC(F)(F)F)cc2)cc1)c1ccnc(Nc2cccc(S(C)(=O)=O)c2)n1. The largest absolute Gasteiger partial charge is 0.573 e. The predicted molar refractivity (Wildman–Crippen MR) is 145 cm³/mol. The molecule has 0 aliphatic rings. The third kappa shape index (κ3) is 7.83. The van der Waals surface area contributed by atoms with Gasteiger partial charge < -0.3 is 25.6 Å². The highest BCUT2D eigenvalue weighted by atomic mass is 32.2. The standard InChI is InChI=1S/C26H23F3N6O4S/c1-35(23-14-15-30-24(34-23)31-19-4-3-5-22(16-19)40(2,37)38)20-10-6-17(7-11-20)32-25(36)33-18-8-12-21(13-9-18)39-26(27,28)29/h3-16H,1-2H3,(H,30,31,34)(H2,32,33,36). The maximum absolute atomic E-state index is 12.3. The van der Waals surface area contributed by atoms with Gasteiger partial charge in [-0.15, -0.1) is 13.2 Å². The maximum atomic E-state index is 12.3. The van der Waals surface area contributed by atoms with Gasteiger partial charge in [0.2, 0.25) is 5.95 Å². The van der Waals surface area contributed by atoms with Crippen LogP contribution in [0.5, 0.6) is 5.75 Å². The Hall–Kier alpha value is -4.85. The van der Waals surface area contributed by atoms with Crippen molar-refractivity contribution in [3.8, 4) is 5.75 Å². The number of nitrogens with zero attached hydrogens (tertiary/aromatic N) is 3. The number of sulfone groups is 1. The fourth-order valence-electron chi connectivity index (χ4n) is 3.46. The summed E-state index contributed by atoms with van der Waals surface area (Å²) in [6.07, 6.45) is -2.11. The van der Waals surface area contributed by atoms with E-state index in [0.717, 1.165) is 24.1 Å². The van der Waals surface area contributed by atoms with Crippen molar-refractivity contribution in [2.24, 2.45) is 0 Å². The number of rotatable bonds is 8. The minimum absolute atomic E-state index is 0.168. The number of benzene rings is 3. The van der Waals surface area contributed by atoms with Crippen LogP contribution < -0.4 is 25.6 Å². The minimum atomic E-state index is -4.80. The number of urea groups is 1. The second-order valence-corrected chi connectivity index (χ2v) is 10.4. The molecule has 0 saturated carbocycles. The number of aromatic nitrogens is 2. The van der Waals surface area contributed by atoms with E-state index in [4.69, 9.17) is 0 Å². The molecule has 14 heteroatoms. The van der Waals surface area contributed by atoms with Crippen molar-refractivity contribution < 1.29 is 31.1 Å².